The van der Waals surface area contributed by atoms with E-state index >= 15 is 0 Å². The fraction of sp³-hybridized carbons (Fsp3) is 0.727. The molecule has 0 fully saturated rings. The Bertz CT molecular complexity index is 1480. The Hall–Kier alpha value is 0.705. The van der Waals surface area contributed by atoms with E-state index in [2.05, 4.69) is 263 Å². The van der Waals surface area contributed by atoms with Crippen LogP contribution >= 0.6 is 94.5 Å². The average molecular weight is 1050 g/mol. The van der Waals surface area contributed by atoms with E-state index in [1.807, 2.05) is 0 Å². The lowest BCUT2D eigenvalue weighted by atomic mass is 9.69. The van der Waals surface area contributed by atoms with Gasteiger partial charge >= 0.3 is 0 Å². The minimum absolute atomic E-state index is 0.121. The van der Waals surface area contributed by atoms with Gasteiger partial charge in [-0.15, -0.1) is 19.0 Å². The van der Waals surface area contributed by atoms with Crippen molar-refractivity contribution in [2.75, 3.05) is 0 Å². The summed E-state index contributed by atoms with van der Waals surface area (Å²) < 4.78 is 11.9. The summed E-state index contributed by atoms with van der Waals surface area (Å²) in [4.78, 5) is 0. The van der Waals surface area contributed by atoms with E-state index in [1.54, 1.807) is 0 Å². The fourth-order valence-corrected chi connectivity index (χ4v) is 15.5. The normalized spacial score (nSPS) is 22.2. The predicted octanol–water partition coefficient (Wildman–Crippen LogP) is 8.15. The van der Waals surface area contributed by atoms with Gasteiger partial charge in [-0.3, -0.25) is 27.4 Å². The highest BCUT2D eigenvalue weighted by atomic mass is 79.9. The maximum Gasteiger partial charge on any atom is 0.248 e. The Morgan fingerprint density at radius 1 is 0.458 bits per heavy atom. The summed E-state index contributed by atoms with van der Waals surface area (Å²) in [5.74, 6) is 0. The number of fused-ring (bicyclic) bond motifs is 3. The molecule has 6 rings (SSSR count). The van der Waals surface area contributed by atoms with Crippen LogP contribution in [0.4, 0.5) is 0 Å². The highest BCUT2D eigenvalue weighted by molar-refractivity contribution is 9.52. The van der Waals surface area contributed by atoms with Gasteiger partial charge in [-0.25, -0.2) is 0 Å². The molecule has 270 valence electrons. The van der Waals surface area contributed by atoms with Gasteiger partial charge in [-0.1, -0.05) is 0 Å². The number of aromatic nitrogens is 6. The highest BCUT2D eigenvalue weighted by Crippen LogP contribution is 2.39. The third-order valence-electron chi connectivity index (χ3n) is 10.1. The first-order valence-electron chi connectivity index (χ1n) is 17.2. The third kappa shape index (κ3) is 7.82. The van der Waals surface area contributed by atoms with Gasteiger partial charge in [0.05, 0.1) is 50.4 Å². The van der Waals surface area contributed by atoms with Crippen LogP contribution in [0.5, 0.6) is 0 Å². The molecule has 0 radical (unpaired) electrons. The molecule has 6 nitrogen and oxygen atoms in total. The summed E-state index contributed by atoms with van der Waals surface area (Å²) >= 11 is 23.3. The van der Waals surface area contributed by atoms with E-state index in [4.69, 9.17) is 0 Å². The number of hydrogen-bond donors (Lipinski definition) is 0. The molecule has 15 heteroatoms. The second-order valence-corrected chi connectivity index (χ2v) is 32.3. The number of nitrogens with zero attached hydrogens (tertiary/aromatic N) is 6. The second kappa shape index (κ2) is 12.6. The topological polar surface area (TPSA) is 26.4 Å². The first-order valence-corrected chi connectivity index (χ1v) is 22.7. The van der Waals surface area contributed by atoms with Crippen molar-refractivity contribution in [1.29, 1.82) is 0 Å². The van der Waals surface area contributed by atoms with E-state index in [-0.39, 0.29) is 33.2 Å². The number of halogens is 6. The maximum atomic E-state index is 3.88. The molecule has 0 aliphatic carbocycles. The molecule has 48 heavy (non-hydrogen) atoms. The van der Waals surface area contributed by atoms with Crippen LogP contribution in [0.25, 0.3) is 0 Å². The van der Waals surface area contributed by atoms with Crippen LogP contribution in [0.15, 0.2) is 37.2 Å². The molecule has 0 saturated heterocycles. The van der Waals surface area contributed by atoms with Gasteiger partial charge in [-0.05, 0) is 104 Å². The van der Waals surface area contributed by atoms with Crippen LogP contribution in [-0.4, -0.2) is 25.1 Å². The Balaban J connectivity index is 0.000000163. The fourth-order valence-electron chi connectivity index (χ4n) is 8.12. The lowest BCUT2D eigenvalue weighted by Crippen LogP contribution is -2.59. The Labute approximate surface area is 340 Å². The van der Waals surface area contributed by atoms with Gasteiger partial charge < -0.3 is 94.5 Å². The zero-order chi connectivity index (χ0) is 37.1. The van der Waals surface area contributed by atoms with E-state index in [0.717, 1.165) is 19.0 Å². The van der Waals surface area contributed by atoms with Crippen LogP contribution < -0.4 is 30.9 Å². The standard InChI is InChI=1S/3C11H19BBr2N2/c3*1-10(2,3)15-6-7-16-9(15)12(13,14)8-11(16,4)5/h3*6-7H,8H2,1-5H3. The van der Waals surface area contributed by atoms with Crippen LogP contribution in [0.1, 0.15) is 104 Å². The lowest BCUT2D eigenvalue weighted by Gasteiger charge is -2.24. The minimum Gasteiger partial charge on any atom is -0.325 e. The molecule has 0 unspecified atom stereocenters. The monoisotopic (exact) mass is 1040 g/mol. The van der Waals surface area contributed by atoms with Crippen molar-refractivity contribution in [3.8, 4) is 0 Å². The molecule has 0 bridgehead atoms. The molecule has 0 atom stereocenters. The summed E-state index contributed by atoms with van der Waals surface area (Å²) in [5, 5.41) is 0. The van der Waals surface area contributed by atoms with Crippen LogP contribution in [0, 0.1) is 0 Å². The van der Waals surface area contributed by atoms with Crippen LogP contribution in [0.3, 0.4) is 0 Å². The third-order valence-corrected chi connectivity index (χ3v) is 14.5. The van der Waals surface area contributed by atoms with Gasteiger partial charge in [0, 0.05) is 0 Å². The van der Waals surface area contributed by atoms with Gasteiger partial charge in [0.1, 0.15) is 37.2 Å². The largest absolute Gasteiger partial charge is 0.325 e. The molecule has 0 spiro atoms. The lowest BCUT2D eigenvalue weighted by molar-refractivity contribution is -0.732. The smallest absolute Gasteiger partial charge is 0.248 e. The second-order valence-electron chi connectivity index (χ2n) is 19.2. The summed E-state index contributed by atoms with van der Waals surface area (Å²) in [6.07, 6.45) is 16.5. The molecule has 3 aliphatic rings. The van der Waals surface area contributed by atoms with Crippen molar-refractivity contribution in [3.05, 3.63) is 37.2 Å². The van der Waals surface area contributed by atoms with Gasteiger partial charge in [0.25, 0.3) is 0 Å². The molecule has 0 saturated carbocycles. The van der Waals surface area contributed by atoms with Gasteiger partial charge in [0.2, 0.25) is 11.4 Å². The molecule has 3 aliphatic heterocycles. The van der Waals surface area contributed by atoms with Crippen molar-refractivity contribution >= 4 is 123 Å². The first-order chi connectivity index (χ1) is 21.2. The molecule has 3 aromatic heterocycles. The van der Waals surface area contributed by atoms with Crippen molar-refractivity contribution in [2.24, 2.45) is 0 Å². The maximum absolute atomic E-state index is 3.88. The molecular weight excluding hydrogens is 992 g/mol. The number of imidazole rings is 3. The SMILES string of the molecule is CC(C)(C)n1cc[n+]2c1[B-](Br)(Br)CC2(C)C.CC(C)(C)n1cc[n+]2c1[B-](Br)(Br)CC2(C)C.CC(C)(C)n1cc[n+]2c1[B-](Br)(Br)CC2(C)C. The quantitative estimate of drug-likeness (QED) is 0.161. The van der Waals surface area contributed by atoms with Crippen molar-refractivity contribution < 1.29 is 13.7 Å². The van der Waals surface area contributed by atoms with Crippen molar-refractivity contribution in [3.63, 3.8) is 0 Å². The molecular formula is C33H57B3Br6N6. The van der Waals surface area contributed by atoms with E-state index in [9.17, 15) is 0 Å². The highest BCUT2D eigenvalue weighted by Gasteiger charge is 2.51. The minimum atomic E-state index is -0.802. The molecule has 0 aromatic carbocycles. The Kier molecular flexibility index (Phi) is 10.9. The predicted molar refractivity (Wildman–Crippen MR) is 231 cm³/mol. The van der Waals surface area contributed by atoms with Gasteiger partial charge in [0.15, 0.2) is 0 Å². The van der Waals surface area contributed by atoms with E-state index in [1.165, 1.54) is 17.2 Å². The summed E-state index contributed by atoms with van der Waals surface area (Å²) in [6, 6.07) is 0. The Morgan fingerprint density at radius 2 is 0.646 bits per heavy atom. The van der Waals surface area contributed by atoms with E-state index < -0.39 is 11.4 Å². The average Bonchev–Trinajstić information content (AvgIpc) is 3.63. The summed E-state index contributed by atoms with van der Waals surface area (Å²) in [6.45, 7) is 33.9. The van der Waals surface area contributed by atoms with E-state index in [0.29, 0.717) is 0 Å². The Morgan fingerprint density at radius 3 is 0.812 bits per heavy atom. The summed E-state index contributed by atoms with van der Waals surface area (Å²) in [7, 11) is 0. The first kappa shape index (κ1) is 41.5. The molecule has 3 aromatic rings. The van der Waals surface area contributed by atoms with Crippen LogP contribution in [0.2, 0.25) is 19.0 Å². The van der Waals surface area contributed by atoms with Crippen molar-refractivity contribution in [1.82, 2.24) is 13.7 Å². The number of rotatable bonds is 0. The van der Waals surface area contributed by atoms with Crippen LogP contribution in [-0.2, 0) is 33.2 Å². The summed E-state index contributed by atoms with van der Waals surface area (Å²) in [5.41, 5.74) is 4.98. The number of hydrogen-bond acceptors (Lipinski definition) is 0. The zero-order valence-electron chi connectivity index (χ0n) is 31.8. The zero-order valence-corrected chi connectivity index (χ0v) is 41.3. The van der Waals surface area contributed by atoms with Gasteiger partial charge in [-0.2, -0.15) is 0 Å². The van der Waals surface area contributed by atoms with Crippen molar-refractivity contribution in [2.45, 2.75) is 156 Å². The molecule has 0 N–H and O–H groups in total. The molecule has 0 amide bonds. The molecule has 6 heterocycles.